The van der Waals surface area contributed by atoms with Crippen molar-refractivity contribution < 1.29 is 9.47 Å². The average molecular weight is 338 g/mol. The minimum absolute atomic E-state index is 0.396. The van der Waals surface area contributed by atoms with Crippen LogP contribution in [-0.2, 0) is 9.47 Å². The van der Waals surface area contributed by atoms with Crippen LogP contribution in [0.4, 0.5) is 0 Å². The third-order valence-corrected chi connectivity index (χ3v) is 7.40. The third kappa shape index (κ3) is 4.34. The topological polar surface area (TPSA) is 21.7 Å². The molecule has 0 aromatic heterocycles. The van der Waals surface area contributed by atoms with E-state index in [2.05, 4.69) is 32.7 Å². The first kappa shape index (κ1) is 18.7. The molecule has 5 atom stereocenters. The van der Waals surface area contributed by atoms with Gasteiger partial charge in [-0.25, -0.2) is 0 Å². The zero-order valence-electron chi connectivity index (χ0n) is 16.4. The first-order valence-electron chi connectivity index (χ1n) is 10.4. The largest absolute Gasteiger partial charge is 0.381 e. The summed E-state index contributed by atoms with van der Waals surface area (Å²) in [6.45, 7) is 12.9. The standard InChI is InChI=1S/C21H39NO2/c1-5-16-10-18(13-22(4)12-16)21(2,3)19-11-20(24-15-19)7-6-17-8-9-23-14-17/h16-20H,5-15H2,1-4H3/t16?,17-,18?,19+,20?/m1/s1. The average Bonchev–Trinajstić information content (AvgIpc) is 3.24. The molecule has 3 nitrogen and oxygen atoms in total. The van der Waals surface area contributed by atoms with Gasteiger partial charge in [-0.05, 0) is 68.2 Å². The van der Waals surface area contributed by atoms with Crippen molar-refractivity contribution in [3.63, 3.8) is 0 Å². The monoisotopic (exact) mass is 337 g/mol. The molecule has 3 aliphatic heterocycles. The number of nitrogens with zero attached hydrogens (tertiary/aromatic N) is 1. The molecule has 3 saturated heterocycles. The van der Waals surface area contributed by atoms with Gasteiger partial charge in [-0.15, -0.1) is 0 Å². The Morgan fingerprint density at radius 3 is 2.54 bits per heavy atom. The molecule has 3 heterocycles. The summed E-state index contributed by atoms with van der Waals surface area (Å²) in [4.78, 5) is 2.57. The van der Waals surface area contributed by atoms with Crippen molar-refractivity contribution in [2.75, 3.05) is 40.0 Å². The van der Waals surface area contributed by atoms with Gasteiger partial charge in [-0.3, -0.25) is 0 Å². The van der Waals surface area contributed by atoms with Gasteiger partial charge in [0, 0.05) is 26.3 Å². The second kappa shape index (κ2) is 8.05. The predicted molar refractivity (Wildman–Crippen MR) is 99.2 cm³/mol. The van der Waals surface area contributed by atoms with E-state index in [4.69, 9.17) is 9.47 Å². The molecule has 0 amide bonds. The van der Waals surface area contributed by atoms with Crippen LogP contribution in [0.1, 0.15) is 59.3 Å². The fourth-order valence-corrected chi connectivity index (χ4v) is 5.27. The van der Waals surface area contributed by atoms with E-state index >= 15 is 0 Å². The molecule has 0 bridgehead atoms. The van der Waals surface area contributed by atoms with Crippen molar-refractivity contribution in [3.8, 4) is 0 Å². The van der Waals surface area contributed by atoms with Gasteiger partial charge in [0.1, 0.15) is 0 Å². The Morgan fingerprint density at radius 2 is 1.83 bits per heavy atom. The van der Waals surface area contributed by atoms with E-state index in [0.29, 0.717) is 11.5 Å². The number of likely N-dealkylation sites (tertiary alicyclic amines) is 1. The maximum Gasteiger partial charge on any atom is 0.0579 e. The highest BCUT2D eigenvalue weighted by Crippen LogP contribution is 2.46. The van der Waals surface area contributed by atoms with Crippen LogP contribution in [0.5, 0.6) is 0 Å². The van der Waals surface area contributed by atoms with Crippen LogP contribution in [0, 0.1) is 29.1 Å². The molecule has 0 saturated carbocycles. The molecule has 0 aromatic rings. The van der Waals surface area contributed by atoms with Crippen LogP contribution < -0.4 is 0 Å². The minimum Gasteiger partial charge on any atom is -0.381 e. The van der Waals surface area contributed by atoms with Gasteiger partial charge in [-0.2, -0.15) is 0 Å². The molecule has 0 aromatic carbocycles. The number of piperidine rings is 1. The van der Waals surface area contributed by atoms with Gasteiger partial charge in [0.05, 0.1) is 12.7 Å². The molecule has 0 aliphatic carbocycles. The summed E-state index contributed by atoms with van der Waals surface area (Å²) in [5.74, 6) is 3.22. The van der Waals surface area contributed by atoms with Crippen molar-refractivity contribution in [2.24, 2.45) is 29.1 Å². The summed E-state index contributed by atoms with van der Waals surface area (Å²) in [6.07, 6.45) is 8.30. The van der Waals surface area contributed by atoms with E-state index in [9.17, 15) is 0 Å². The molecule has 3 heteroatoms. The minimum atomic E-state index is 0.396. The fraction of sp³-hybridized carbons (Fsp3) is 1.00. The lowest BCUT2D eigenvalue weighted by Crippen LogP contribution is -2.46. The van der Waals surface area contributed by atoms with E-state index in [1.165, 1.54) is 51.6 Å². The first-order valence-corrected chi connectivity index (χ1v) is 10.4. The lowest BCUT2D eigenvalue weighted by Gasteiger charge is -2.46. The van der Waals surface area contributed by atoms with Crippen molar-refractivity contribution in [2.45, 2.75) is 65.4 Å². The summed E-state index contributed by atoms with van der Waals surface area (Å²) < 4.78 is 11.7. The second-order valence-corrected chi connectivity index (χ2v) is 9.44. The van der Waals surface area contributed by atoms with E-state index < -0.39 is 0 Å². The van der Waals surface area contributed by atoms with Crippen LogP contribution in [0.15, 0.2) is 0 Å². The van der Waals surface area contributed by atoms with Gasteiger partial charge in [-0.1, -0.05) is 27.2 Å². The summed E-state index contributed by atoms with van der Waals surface area (Å²) in [7, 11) is 2.31. The number of hydrogen-bond donors (Lipinski definition) is 0. The molecule has 3 aliphatic rings. The Kier molecular flexibility index (Phi) is 6.26. The Bertz CT molecular complexity index is 391. The van der Waals surface area contributed by atoms with Crippen molar-refractivity contribution >= 4 is 0 Å². The molecule has 24 heavy (non-hydrogen) atoms. The summed E-state index contributed by atoms with van der Waals surface area (Å²) in [5.41, 5.74) is 0.396. The highest BCUT2D eigenvalue weighted by atomic mass is 16.5. The van der Waals surface area contributed by atoms with Gasteiger partial charge >= 0.3 is 0 Å². The van der Waals surface area contributed by atoms with Gasteiger partial charge < -0.3 is 14.4 Å². The van der Waals surface area contributed by atoms with Crippen LogP contribution >= 0.6 is 0 Å². The second-order valence-electron chi connectivity index (χ2n) is 9.44. The van der Waals surface area contributed by atoms with Gasteiger partial charge in [0.15, 0.2) is 0 Å². The zero-order valence-corrected chi connectivity index (χ0v) is 16.4. The van der Waals surface area contributed by atoms with Crippen LogP contribution in [0.2, 0.25) is 0 Å². The van der Waals surface area contributed by atoms with E-state index in [1.807, 2.05) is 0 Å². The molecule has 140 valence electrons. The molecule has 3 rings (SSSR count). The highest BCUT2D eigenvalue weighted by molar-refractivity contribution is 4.93. The van der Waals surface area contributed by atoms with Gasteiger partial charge in [0.25, 0.3) is 0 Å². The molecular formula is C21H39NO2. The first-order chi connectivity index (χ1) is 11.5. The Labute approximate surface area is 149 Å². The Hall–Kier alpha value is -0.120. The number of rotatable bonds is 6. The molecule has 0 N–H and O–H groups in total. The lowest BCUT2D eigenvalue weighted by molar-refractivity contribution is 0.0203. The van der Waals surface area contributed by atoms with Gasteiger partial charge in [0.2, 0.25) is 0 Å². The fourth-order valence-electron chi connectivity index (χ4n) is 5.27. The van der Waals surface area contributed by atoms with E-state index in [1.54, 1.807) is 0 Å². The number of ether oxygens (including phenoxy) is 2. The molecule has 3 fully saturated rings. The third-order valence-electron chi connectivity index (χ3n) is 7.40. The van der Waals surface area contributed by atoms with E-state index in [-0.39, 0.29) is 0 Å². The predicted octanol–water partition coefficient (Wildman–Crippen LogP) is 4.21. The quantitative estimate of drug-likeness (QED) is 0.724. The lowest BCUT2D eigenvalue weighted by atomic mass is 9.64. The Balaban J connectivity index is 1.51. The molecular weight excluding hydrogens is 298 g/mol. The highest BCUT2D eigenvalue weighted by Gasteiger charge is 2.44. The summed E-state index contributed by atoms with van der Waals surface area (Å²) >= 11 is 0. The zero-order chi connectivity index (χ0) is 17.2. The van der Waals surface area contributed by atoms with Crippen LogP contribution in [0.25, 0.3) is 0 Å². The summed E-state index contributed by atoms with van der Waals surface area (Å²) in [5, 5.41) is 0. The van der Waals surface area contributed by atoms with E-state index in [0.717, 1.165) is 43.5 Å². The van der Waals surface area contributed by atoms with Crippen LogP contribution in [0.3, 0.4) is 0 Å². The maximum atomic E-state index is 6.23. The molecule has 0 radical (unpaired) electrons. The maximum absolute atomic E-state index is 6.23. The normalized spacial score (nSPS) is 38.8. The van der Waals surface area contributed by atoms with Crippen molar-refractivity contribution in [1.82, 2.24) is 4.90 Å². The molecule has 0 spiro atoms. The Morgan fingerprint density at radius 1 is 1.00 bits per heavy atom. The van der Waals surface area contributed by atoms with Crippen molar-refractivity contribution in [1.29, 1.82) is 0 Å². The SMILES string of the molecule is CCC1CC(C(C)(C)[C@@H]2COC(CC[C@@H]3CCOC3)C2)CN(C)C1. The van der Waals surface area contributed by atoms with Crippen molar-refractivity contribution in [3.05, 3.63) is 0 Å². The number of hydrogen-bond acceptors (Lipinski definition) is 3. The molecule has 3 unspecified atom stereocenters. The smallest absolute Gasteiger partial charge is 0.0579 e. The summed E-state index contributed by atoms with van der Waals surface area (Å²) in [6, 6.07) is 0. The van der Waals surface area contributed by atoms with Crippen LogP contribution in [-0.4, -0.2) is 51.0 Å².